The summed E-state index contributed by atoms with van der Waals surface area (Å²) in [5.41, 5.74) is 0.298. The van der Waals surface area contributed by atoms with Crippen molar-refractivity contribution in [3.63, 3.8) is 0 Å². The van der Waals surface area contributed by atoms with E-state index >= 15 is 0 Å². The summed E-state index contributed by atoms with van der Waals surface area (Å²) >= 11 is 6.09. The summed E-state index contributed by atoms with van der Waals surface area (Å²) in [4.78, 5) is 10.6. The second kappa shape index (κ2) is 5.46. The fraction of sp³-hybridized carbons (Fsp3) is 0.714. The highest BCUT2D eigenvalue weighted by Gasteiger charge is 2.43. The normalized spacial score (nSPS) is 24.7. The summed E-state index contributed by atoms with van der Waals surface area (Å²) < 4.78 is 34.6. The highest BCUT2D eigenvalue weighted by molar-refractivity contribution is 7.91. The van der Waals surface area contributed by atoms with Crippen LogP contribution in [0.3, 0.4) is 0 Å². The smallest absolute Gasteiger partial charge is 0.224 e. The fourth-order valence-electron chi connectivity index (χ4n) is 2.89. The van der Waals surface area contributed by atoms with Crippen LogP contribution in [0.4, 0.5) is 5.82 Å². The van der Waals surface area contributed by atoms with E-state index < -0.39 is 14.6 Å². The monoisotopic (exact) mass is 361 g/mol. The molecule has 0 unspecified atom stereocenters. The zero-order valence-electron chi connectivity index (χ0n) is 13.5. The molecule has 0 aliphatic carbocycles. The van der Waals surface area contributed by atoms with E-state index in [1.807, 2.05) is 6.92 Å². The lowest BCUT2D eigenvalue weighted by Gasteiger charge is -2.45. The minimum absolute atomic E-state index is 0.0124. The largest absolute Gasteiger partial charge is 0.486 e. The lowest BCUT2D eigenvalue weighted by atomic mass is 10.0. The molecular weight excluding hydrogens is 342 g/mol. The lowest BCUT2D eigenvalue weighted by molar-refractivity contribution is 0.0482. The molecule has 1 aromatic rings. The van der Waals surface area contributed by atoms with Crippen LogP contribution < -0.4 is 9.64 Å². The van der Waals surface area contributed by atoms with E-state index in [4.69, 9.17) is 21.1 Å². The van der Waals surface area contributed by atoms with Crippen LogP contribution in [0.25, 0.3) is 0 Å². The molecule has 3 rings (SSSR count). The van der Waals surface area contributed by atoms with Crippen molar-refractivity contribution in [2.75, 3.05) is 31.0 Å². The van der Waals surface area contributed by atoms with Gasteiger partial charge in [-0.05, 0) is 32.4 Å². The Morgan fingerprint density at radius 3 is 2.61 bits per heavy atom. The third kappa shape index (κ3) is 2.66. The maximum absolute atomic E-state index is 12.2. The molecule has 0 radical (unpaired) electrons. The maximum Gasteiger partial charge on any atom is 0.224 e. The maximum atomic E-state index is 12.2. The van der Waals surface area contributed by atoms with Crippen molar-refractivity contribution >= 4 is 27.3 Å². The second-order valence-electron chi connectivity index (χ2n) is 6.54. The highest BCUT2D eigenvalue weighted by atomic mass is 35.5. The number of sulfone groups is 1. The molecule has 0 aromatic carbocycles. The van der Waals surface area contributed by atoms with Crippen LogP contribution in [0.5, 0.6) is 5.75 Å². The first-order valence-corrected chi connectivity index (χ1v) is 9.66. The van der Waals surface area contributed by atoms with Gasteiger partial charge in [0.1, 0.15) is 17.0 Å². The summed E-state index contributed by atoms with van der Waals surface area (Å²) in [7, 11) is -3.42. The number of hydrogen-bond donors (Lipinski definition) is 0. The Balaban J connectivity index is 2.20. The molecule has 7 nitrogen and oxygen atoms in total. The van der Waals surface area contributed by atoms with Gasteiger partial charge in [0.05, 0.1) is 25.3 Å². The lowest BCUT2D eigenvalue weighted by Crippen LogP contribution is -2.56. The van der Waals surface area contributed by atoms with Gasteiger partial charge < -0.3 is 14.4 Å². The molecule has 0 bridgehead atoms. The van der Waals surface area contributed by atoms with Crippen LogP contribution in [0, 0.1) is 0 Å². The second-order valence-corrected chi connectivity index (χ2v) is 9.44. The van der Waals surface area contributed by atoms with Gasteiger partial charge in [0.15, 0.2) is 21.4 Å². The van der Waals surface area contributed by atoms with E-state index in [1.165, 1.54) is 6.26 Å². The van der Waals surface area contributed by atoms with Gasteiger partial charge in [-0.1, -0.05) is 0 Å². The Bertz CT molecular complexity index is 738. The third-order valence-electron chi connectivity index (χ3n) is 4.52. The molecule has 0 amide bonds. The zero-order chi connectivity index (χ0) is 17.0. The Morgan fingerprint density at radius 1 is 1.26 bits per heavy atom. The molecule has 0 saturated carbocycles. The van der Waals surface area contributed by atoms with Gasteiger partial charge in [-0.15, -0.1) is 0 Å². The SMILES string of the molecule is C[C@@H]1COC[C@@H]2COc3c(nc(Cl)nc3C(C)(C)S(C)(=O)=O)N21. The average molecular weight is 362 g/mol. The standard InChI is InChI=1S/C14H20ClN3O4S/c1-8-5-21-6-9-7-22-10-11(14(2,3)23(4,19)20)16-13(15)17-12(10)18(8)9/h8-9H,5-7H2,1-4H3/t8-,9-/m1/s1. The number of ether oxygens (including phenoxy) is 2. The zero-order valence-corrected chi connectivity index (χ0v) is 15.1. The number of rotatable bonds is 2. The first-order chi connectivity index (χ1) is 10.6. The molecule has 0 spiro atoms. The Labute approximate surface area is 140 Å². The quantitative estimate of drug-likeness (QED) is 0.736. The van der Waals surface area contributed by atoms with Crippen molar-refractivity contribution in [3.8, 4) is 5.75 Å². The van der Waals surface area contributed by atoms with Gasteiger partial charge in [-0.3, -0.25) is 0 Å². The fourth-order valence-corrected chi connectivity index (χ4v) is 3.54. The summed E-state index contributed by atoms with van der Waals surface area (Å²) in [6.45, 7) is 6.73. The van der Waals surface area contributed by atoms with Gasteiger partial charge in [-0.2, -0.15) is 4.98 Å². The molecule has 1 fully saturated rings. The molecule has 23 heavy (non-hydrogen) atoms. The molecule has 2 aliphatic heterocycles. The van der Waals surface area contributed by atoms with Crippen LogP contribution in [-0.4, -0.2) is 56.5 Å². The Kier molecular flexibility index (Phi) is 3.97. The van der Waals surface area contributed by atoms with Gasteiger partial charge in [-0.25, -0.2) is 13.4 Å². The summed E-state index contributed by atoms with van der Waals surface area (Å²) in [5.74, 6) is 0.943. The van der Waals surface area contributed by atoms with E-state index in [-0.39, 0.29) is 17.4 Å². The summed E-state index contributed by atoms with van der Waals surface area (Å²) in [6, 6.07) is 0.128. The topological polar surface area (TPSA) is 81.6 Å². The van der Waals surface area contributed by atoms with Crippen LogP contribution in [0.2, 0.25) is 5.28 Å². The van der Waals surface area contributed by atoms with Crippen molar-refractivity contribution in [1.82, 2.24) is 9.97 Å². The van der Waals surface area contributed by atoms with E-state index in [2.05, 4.69) is 14.9 Å². The van der Waals surface area contributed by atoms with Crippen LogP contribution in [0.1, 0.15) is 26.5 Å². The molecule has 2 aliphatic rings. The number of halogens is 1. The molecule has 2 atom stereocenters. The van der Waals surface area contributed by atoms with Crippen molar-refractivity contribution in [2.24, 2.45) is 0 Å². The number of aromatic nitrogens is 2. The van der Waals surface area contributed by atoms with Crippen molar-refractivity contribution in [2.45, 2.75) is 37.6 Å². The number of hydrogen-bond acceptors (Lipinski definition) is 7. The van der Waals surface area contributed by atoms with Gasteiger partial charge in [0.25, 0.3) is 0 Å². The molecular formula is C14H20ClN3O4S. The van der Waals surface area contributed by atoms with Crippen LogP contribution in [0.15, 0.2) is 0 Å². The van der Waals surface area contributed by atoms with E-state index in [0.29, 0.717) is 37.1 Å². The first kappa shape index (κ1) is 16.7. The Hall–Kier alpha value is -1.12. The minimum atomic E-state index is -3.42. The van der Waals surface area contributed by atoms with Gasteiger partial charge in [0, 0.05) is 6.26 Å². The van der Waals surface area contributed by atoms with Crippen molar-refractivity contribution in [3.05, 3.63) is 11.0 Å². The molecule has 1 saturated heterocycles. The summed E-state index contributed by atoms with van der Waals surface area (Å²) in [6.07, 6.45) is 1.18. The van der Waals surface area contributed by atoms with E-state index in [9.17, 15) is 8.42 Å². The third-order valence-corrected chi connectivity index (χ3v) is 6.74. The Morgan fingerprint density at radius 2 is 1.96 bits per heavy atom. The van der Waals surface area contributed by atoms with Gasteiger partial charge >= 0.3 is 0 Å². The molecule has 0 N–H and O–H groups in total. The van der Waals surface area contributed by atoms with Crippen molar-refractivity contribution in [1.29, 1.82) is 0 Å². The van der Waals surface area contributed by atoms with E-state index in [0.717, 1.165) is 0 Å². The number of anilines is 1. The number of fused-ring (bicyclic) bond motifs is 3. The molecule has 3 heterocycles. The number of nitrogens with zero attached hydrogens (tertiary/aromatic N) is 3. The van der Waals surface area contributed by atoms with Crippen LogP contribution >= 0.6 is 11.6 Å². The first-order valence-electron chi connectivity index (χ1n) is 7.39. The molecule has 9 heteroatoms. The highest BCUT2D eigenvalue weighted by Crippen LogP contribution is 2.43. The van der Waals surface area contributed by atoms with E-state index in [1.54, 1.807) is 13.8 Å². The molecule has 1 aromatic heterocycles. The number of morpholine rings is 1. The van der Waals surface area contributed by atoms with Gasteiger partial charge in [0.2, 0.25) is 5.28 Å². The molecule has 128 valence electrons. The predicted octanol–water partition coefficient (Wildman–Crippen LogP) is 1.40. The summed E-state index contributed by atoms with van der Waals surface area (Å²) in [5, 5.41) is 0.0124. The predicted molar refractivity (Wildman–Crippen MR) is 87.0 cm³/mol. The van der Waals surface area contributed by atoms with Crippen molar-refractivity contribution < 1.29 is 17.9 Å². The minimum Gasteiger partial charge on any atom is -0.486 e. The van der Waals surface area contributed by atoms with Crippen LogP contribution in [-0.2, 0) is 19.3 Å². The average Bonchev–Trinajstić information content (AvgIpc) is 2.44.